The van der Waals surface area contributed by atoms with E-state index in [0.717, 1.165) is 30.5 Å². The molecule has 5 rings (SSSR count). The molecule has 230 valence electrons. The van der Waals surface area contributed by atoms with Crippen LogP contribution in [0.5, 0.6) is 0 Å². The smallest absolute Gasteiger partial charge is 0.416 e. The molecule has 0 aromatic heterocycles. The van der Waals surface area contributed by atoms with E-state index in [4.69, 9.17) is 10.1 Å². The number of carbonyl (C=O) groups is 3. The molecular formula is C34H34F3N3O4. The van der Waals surface area contributed by atoms with Gasteiger partial charge in [0.2, 0.25) is 0 Å². The summed E-state index contributed by atoms with van der Waals surface area (Å²) >= 11 is 0. The number of carboxylic acids is 1. The predicted octanol–water partition coefficient (Wildman–Crippen LogP) is 6.75. The summed E-state index contributed by atoms with van der Waals surface area (Å²) in [7, 11) is 0. The molecule has 0 radical (unpaired) electrons. The number of halogens is 3. The van der Waals surface area contributed by atoms with Crippen molar-refractivity contribution < 1.29 is 32.7 Å². The predicted molar refractivity (Wildman–Crippen MR) is 159 cm³/mol. The Bertz CT molecular complexity index is 1530. The van der Waals surface area contributed by atoms with Crippen LogP contribution >= 0.6 is 0 Å². The third kappa shape index (κ3) is 6.39. The van der Waals surface area contributed by atoms with Crippen LogP contribution in [0.1, 0.15) is 90.0 Å². The maximum absolute atomic E-state index is 14.2. The van der Waals surface area contributed by atoms with E-state index in [0.29, 0.717) is 36.3 Å². The average molecular weight is 606 g/mol. The minimum absolute atomic E-state index is 0.00629. The molecule has 1 aliphatic carbocycles. The summed E-state index contributed by atoms with van der Waals surface area (Å²) in [5.41, 5.74) is 1.25. The molecule has 1 saturated carbocycles. The second-order valence-electron chi connectivity index (χ2n) is 11.3. The Balaban J connectivity index is 1.45. The Labute approximate surface area is 253 Å². The SMILES string of the molecule is CC[C@H](c1ccc(C(=O)NCCC(=O)O)cc1)N1C(=O)C(c2ccc(C(F)(F)F)cc2)=NC12CCC(c1ccccc1)CC2. The first-order valence-corrected chi connectivity index (χ1v) is 14.8. The van der Waals surface area contributed by atoms with Crippen molar-refractivity contribution in [3.05, 3.63) is 107 Å². The van der Waals surface area contributed by atoms with Crippen molar-refractivity contribution >= 4 is 23.5 Å². The van der Waals surface area contributed by atoms with Crippen LogP contribution in [-0.2, 0) is 15.8 Å². The number of hydrogen-bond acceptors (Lipinski definition) is 4. The van der Waals surface area contributed by atoms with Crippen molar-refractivity contribution in [3.8, 4) is 0 Å². The standard InChI is InChI=1S/C34H34F3N3O4/c1-2-28(24-8-10-26(11-9-24)31(43)38-21-18-29(41)42)40-32(44)30(25-12-14-27(15-13-25)34(35,36)37)39-33(40)19-16-23(17-20-33)22-6-4-3-5-7-22/h3-15,23,28H,2,16-21H2,1H3,(H,38,43)(H,41,42)/t23?,28-,33?/m1/s1. The molecule has 0 saturated heterocycles. The highest BCUT2D eigenvalue weighted by atomic mass is 19.4. The van der Waals surface area contributed by atoms with E-state index in [1.807, 2.05) is 30.0 Å². The summed E-state index contributed by atoms with van der Waals surface area (Å²) in [5, 5.41) is 11.4. The Morgan fingerprint density at radius 3 is 2.20 bits per heavy atom. The molecule has 10 heteroatoms. The number of carbonyl (C=O) groups excluding carboxylic acids is 2. The van der Waals surface area contributed by atoms with Gasteiger partial charge in [-0.05, 0) is 73.4 Å². The number of aliphatic carboxylic acids is 1. The quantitative estimate of drug-likeness (QED) is 0.282. The number of hydrogen-bond donors (Lipinski definition) is 2. The number of amides is 2. The van der Waals surface area contributed by atoms with Gasteiger partial charge in [-0.15, -0.1) is 0 Å². The van der Waals surface area contributed by atoms with Crippen LogP contribution in [0.3, 0.4) is 0 Å². The maximum Gasteiger partial charge on any atom is 0.416 e. The zero-order chi connectivity index (χ0) is 31.5. The summed E-state index contributed by atoms with van der Waals surface area (Å²) in [5.74, 6) is -1.42. The molecule has 0 unspecified atom stereocenters. The number of nitrogens with one attached hydrogen (secondary N) is 1. The fourth-order valence-corrected chi connectivity index (χ4v) is 6.35. The van der Waals surface area contributed by atoms with Crippen molar-refractivity contribution in [2.75, 3.05) is 6.54 Å². The van der Waals surface area contributed by atoms with Crippen molar-refractivity contribution in [1.29, 1.82) is 0 Å². The van der Waals surface area contributed by atoms with Crippen LogP contribution in [0.2, 0.25) is 0 Å². The molecule has 1 aliphatic heterocycles. The average Bonchev–Trinajstić information content (AvgIpc) is 3.29. The van der Waals surface area contributed by atoms with Gasteiger partial charge in [-0.2, -0.15) is 13.2 Å². The Morgan fingerprint density at radius 1 is 1.00 bits per heavy atom. The highest BCUT2D eigenvalue weighted by Gasteiger charge is 2.51. The second-order valence-corrected chi connectivity index (χ2v) is 11.3. The maximum atomic E-state index is 14.2. The summed E-state index contributed by atoms with van der Waals surface area (Å²) in [4.78, 5) is 44.3. The molecule has 7 nitrogen and oxygen atoms in total. The molecule has 2 aliphatic rings. The second kappa shape index (κ2) is 12.6. The van der Waals surface area contributed by atoms with E-state index in [1.165, 1.54) is 17.7 Å². The van der Waals surface area contributed by atoms with Gasteiger partial charge in [-0.3, -0.25) is 19.4 Å². The van der Waals surface area contributed by atoms with Crippen molar-refractivity contribution in [2.45, 2.75) is 69.2 Å². The first-order valence-electron chi connectivity index (χ1n) is 14.8. The zero-order valence-electron chi connectivity index (χ0n) is 24.3. The number of carboxylic acid groups (broad SMARTS) is 1. The van der Waals surface area contributed by atoms with E-state index in [-0.39, 0.29) is 24.6 Å². The number of benzene rings is 3. The van der Waals surface area contributed by atoms with Crippen LogP contribution in [0, 0.1) is 0 Å². The van der Waals surface area contributed by atoms with Crippen LogP contribution in [0.15, 0.2) is 83.9 Å². The molecular weight excluding hydrogens is 571 g/mol. The molecule has 1 fully saturated rings. The first kappa shape index (κ1) is 31.0. The summed E-state index contributed by atoms with van der Waals surface area (Å²) in [6.45, 7) is 1.97. The van der Waals surface area contributed by atoms with Gasteiger partial charge in [0, 0.05) is 17.7 Å². The van der Waals surface area contributed by atoms with E-state index in [9.17, 15) is 27.6 Å². The fraction of sp³-hybridized carbons (Fsp3) is 0.353. The molecule has 1 spiro atoms. The highest BCUT2D eigenvalue weighted by Crippen LogP contribution is 2.48. The third-order valence-corrected chi connectivity index (χ3v) is 8.61. The molecule has 3 aromatic rings. The van der Waals surface area contributed by atoms with Gasteiger partial charge in [0.05, 0.1) is 18.0 Å². The van der Waals surface area contributed by atoms with Crippen LogP contribution in [0.25, 0.3) is 0 Å². The molecule has 1 atom stereocenters. The van der Waals surface area contributed by atoms with Crippen LogP contribution < -0.4 is 5.32 Å². The lowest BCUT2D eigenvalue weighted by atomic mass is 9.77. The van der Waals surface area contributed by atoms with Gasteiger partial charge in [-0.1, -0.05) is 61.5 Å². The molecule has 3 aromatic carbocycles. The lowest BCUT2D eigenvalue weighted by Gasteiger charge is -2.45. The van der Waals surface area contributed by atoms with Gasteiger partial charge in [-0.25, -0.2) is 0 Å². The van der Waals surface area contributed by atoms with Crippen molar-refractivity contribution in [2.24, 2.45) is 4.99 Å². The largest absolute Gasteiger partial charge is 0.481 e. The Kier molecular flexibility index (Phi) is 8.90. The van der Waals surface area contributed by atoms with E-state index < -0.39 is 35.3 Å². The van der Waals surface area contributed by atoms with Gasteiger partial charge < -0.3 is 15.3 Å². The van der Waals surface area contributed by atoms with Crippen molar-refractivity contribution in [3.63, 3.8) is 0 Å². The Hall–Kier alpha value is -4.47. The Morgan fingerprint density at radius 2 is 1.64 bits per heavy atom. The normalized spacial score (nSPS) is 20.8. The summed E-state index contributed by atoms with van der Waals surface area (Å²) in [6, 6.07) is 21.2. The van der Waals surface area contributed by atoms with Gasteiger partial charge in [0.15, 0.2) is 0 Å². The lowest BCUT2D eigenvalue weighted by Crippen LogP contribution is -2.50. The fourth-order valence-electron chi connectivity index (χ4n) is 6.35. The lowest BCUT2D eigenvalue weighted by molar-refractivity contribution is -0.138. The number of rotatable bonds is 9. The van der Waals surface area contributed by atoms with Crippen molar-refractivity contribution in [1.82, 2.24) is 10.2 Å². The molecule has 1 heterocycles. The number of alkyl halides is 3. The topological polar surface area (TPSA) is 99.1 Å². The van der Waals surface area contributed by atoms with E-state index in [2.05, 4.69) is 17.4 Å². The van der Waals surface area contributed by atoms with E-state index >= 15 is 0 Å². The van der Waals surface area contributed by atoms with Gasteiger partial charge >= 0.3 is 12.1 Å². The minimum atomic E-state index is -4.49. The van der Waals surface area contributed by atoms with Gasteiger partial charge in [0.1, 0.15) is 11.4 Å². The zero-order valence-corrected chi connectivity index (χ0v) is 24.3. The molecule has 0 bridgehead atoms. The third-order valence-electron chi connectivity index (χ3n) is 8.61. The minimum Gasteiger partial charge on any atom is -0.481 e. The van der Waals surface area contributed by atoms with Crippen LogP contribution in [0.4, 0.5) is 13.2 Å². The molecule has 2 N–H and O–H groups in total. The van der Waals surface area contributed by atoms with Gasteiger partial charge in [0.25, 0.3) is 11.8 Å². The molecule has 2 amide bonds. The first-order chi connectivity index (χ1) is 21.0. The monoisotopic (exact) mass is 605 g/mol. The van der Waals surface area contributed by atoms with Crippen LogP contribution in [-0.4, -0.2) is 45.7 Å². The highest BCUT2D eigenvalue weighted by molar-refractivity contribution is 6.46. The van der Waals surface area contributed by atoms with E-state index in [1.54, 1.807) is 24.3 Å². The number of aliphatic imine (C=N–C) groups is 1. The summed E-state index contributed by atoms with van der Waals surface area (Å²) in [6.07, 6.45) is -1.34. The number of nitrogens with zero attached hydrogens (tertiary/aromatic N) is 2. The molecule has 44 heavy (non-hydrogen) atoms. The summed E-state index contributed by atoms with van der Waals surface area (Å²) < 4.78 is 39.8.